The van der Waals surface area contributed by atoms with Gasteiger partial charge in [0.15, 0.2) is 5.69 Å². The summed E-state index contributed by atoms with van der Waals surface area (Å²) in [5.74, 6) is 1.93. The molecule has 2 heterocycles. The second-order valence-corrected chi connectivity index (χ2v) is 8.50. The fraction of sp³-hybridized carbons (Fsp3) is 0.789. The Balaban J connectivity index is 1.30. The fourth-order valence-corrected chi connectivity index (χ4v) is 4.29. The van der Waals surface area contributed by atoms with Crippen LogP contribution in [0.3, 0.4) is 0 Å². The zero-order valence-corrected chi connectivity index (χ0v) is 15.1. The van der Waals surface area contributed by atoms with E-state index >= 15 is 0 Å². The smallest absolute Gasteiger partial charge is 0.276 e. The van der Waals surface area contributed by atoms with Crippen LogP contribution in [0, 0.1) is 11.3 Å². The van der Waals surface area contributed by atoms with Crippen molar-refractivity contribution in [1.29, 1.82) is 0 Å². The Morgan fingerprint density at radius 3 is 2.71 bits per heavy atom. The largest absolute Gasteiger partial charge is 0.360 e. The number of aromatic nitrogens is 1. The first-order valence-corrected chi connectivity index (χ1v) is 9.45. The molecule has 1 aromatic rings. The van der Waals surface area contributed by atoms with E-state index in [2.05, 4.69) is 17.1 Å². The van der Waals surface area contributed by atoms with Gasteiger partial charge in [0.2, 0.25) is 0 Å². The van der Waals surface area contributed by atoms with Gasteiger partial charge in [0, 0.05) is 37.7 Å². The fourth-order valence-electron chi connectivity index (χ4n) is 4.29. The molecule has 2 aliphatic carbocycles. The third-order valence-corrected chi connectivity index (χ3v) is 6.40. The molecule has 3 aliphatic rings. The molecule has 0 bridgehead atoms. The summed E-state index contributed by atoms with van der Waals surface area (Å²) >= 11 is 0. The maximum atomic E-state index is 12.6. The van der Waals surface area contributed by atoms with Crippen molar-refractivity contribution < 1.29 is 9.32 Å². The van der Waals surface area contributed by atoms with Gasteiger partial charge < -0.3 is 14.3 Å². The van der Waals surface area contributed by atoms with E-state index in [0.717, 1.165) is 43.7 Å². The standard InChI is InChI=1S/C19H29N3O2/c1-13(2)17-10-16(20-24-17)18(23)22-8-6-19(7-9-22)11-14(19)12-21(3)15-4-5-15/h10,13-15H,4-9,11-12H2,1-3H3/t14-/m1/s1. The molecule has 1 amide bonds. The van der Waals surface area contributed by atoms with Crippen LogP contribution >= 0.6 is 0 Å². The Labute approximate surface area is 144 Å². The van der Waals surface area contributed by atoms with E-state index in [1.165, 1.54) is 25.8 Å². The molecule has 3 fully saturated rings. The van der Waals surface area contributed by atoms with Gasteiger partial charge in [0.05, 0.1) is 0 Å². The molecule has 1 spiro atoms. The van der Waals surface area contributed by atoms with Crippen LogP contribution in [0.15, 0.2) is 10.6 Å². The maximum absolute atomic E-state index is 12.6. The molecular weight excluding hydrogens is 302 g/mol. The van der Waals surface area contributed by atoms with Crippen molar-refractivity contribution in [1.82, 2.24) is 15.0 Å². The van der Waals surface area contributed by atoms with Gasteiger partial charge in [-0.1, -0.05) is 19.0 Å². The lowest BCUT2D eigenvalue weighted by Crippen LogP contribution is -2.40. The van der Waals surface area contributed by atoms with Crippen molar-refractivity contribution in [2.24, 2.45) is 11.3 Å². The minimum Gasteiger partial charge on any atom is -0.360 e. The summed E-state index contributed by atoms with van der Waals surface area (Å²) in [6.45, 7) is 7.08. The molecule has 2 saturated carbocycles. The van der Waals surface area contributed by atoms with Crippen LogP contribution in [0.2, 0.25) is 0 Å². The topological polar surface area (TPSA) is 49.6 Å². The second-order valence-electron chi connectivity index (χ2n) is 8.50. The number of carbonyl (C=O) groups is 1. The Bertz CT molecular complexity index is 612. The molecule has 1 aromatic heterocycles. The lowest BCUT2D eigenvalue weighted by Gasteiger charge is -2.33. The SMILES string of the molecule is CC(C)c1cc(C(=O)N2CCC3(CC2)C[C@@H]3CN(C)C2CC2)no1. The van der Waals surface area contributed by atoms with E-state index in [4.69, 9.17) is 4.52 Å². The van der Waals surface area contributed by atoms with Gasteiger partial charge in [0.1, 0.15) is 5.76 Å². The van der Waals surface area contributed by atoms with Crippen LogP contribution in [0.1, 0.15) is 68.1 Å². The summed E-state index contributed by atoms with van der Waals surface area (Å²) in [6.07, 6.45) is 6.42. The van der Waals surface area contributed by atoms with Gasteiger partial charge in [0.25, 0.3) is 5.91 Å². The first-order chi connectivity index (χ1) is 11.5. The molecule has 5 heteroatoms. The van der Waals surface area contributed by atoms with Crippen molar-refractivity contribution in [3.63, 3.8) is 0 Å². The van der Waals surface area contributed by atoms with Gasteiger partial charge in [-0.3, -0.25) is 4.79 Å². The number of hydrogen-bond acceptors (Lipinski definition) is 4. The Hall–Kier alpha value is -1.36. The molecular formula is C19H29N3O2. The number of carbonyl (C=O) groups excluding carboxylic acids is 1. The van der Waals surface area contributed by atoms with Crippen molar-refractivity contribution >= 4 is 5.91 Å². The van der Waals surface area contributed by atoms with Gasteiger partial charge in [-0.25, -0.2) is 0 Å². The highest BCUT2D eigenvalue weighted by molar-refractivity contribution is 5.92. The first-order valence-electron chi connectivity index (χ1n) is 9.45. The maximum Gasteiger partial charge on any atom is 0.276 e. The molecule has 4 rings (SSSR count). The van der Waals surface area contributed by atoms with E-state index in [0.29, 0.717) is 11.1 Å². The van der Waals surface area contributed by atoms with Crippen LogP contribution in [0.4, 0.5) is 0 Å². The van der Waals surface area contributed by atoms with Crippen molar-refractivity contribution in [3.8, 4) is 0 Å². The number of amides is 1. The lowest BCUT2D eigenvalue weighted by atomic mass is 9.90. The summed E-state index contributed by atoms with van der Waals surface area (Å²) in [6, 6.07) is 2.66. The Kier molecular flexibility index (Phi) is 3.94. The summed E-state index contributed by atoms with van der Waals surface area (Å²) in [7, 11) is 2.28. The minimum absolute atomic E-state index is 0.0350. The highest BCUT2D eigenvalue weighted by Gasteiger charge is 2.55. The van der Waals surface area contributed by atoms with E-state index in [1.807, 2.05) is 24.8 Å². The van der Waals surface area contributed by atoms with Gasteiger partial charge in [-0.15, -0.1) is 0 Å². The predicted molar refractivity (Wildman–Crippen MR) is 91.9 cm³/mol. The highest BCUT2D eigenvalue weighted by atomic mass is 16.5. The minimum atomic E-state index is 0.0350. The van der Waals surface area contributed by atoms with Crippen LogP contribution in [0.25, 0.3) is 0 Å². The second kappa shape index (κ2) is 5.87. The quantitative estimate of drug-likeness (QED) is 0.832. The zero-order chi connectivity index (χ0) is 16.9. The molecule has 5 nitrogen and oxygen atoms in total. The number of hydrogen-bond donors (Lipinski definition) is 0. The predicted octanol–water partition coefficient (Wildman–Crippen LogP) is 3.13. The number of piperidine rings is 1. The average Bonchev–Trinajstić information content (AvgIpc) is 3.46. The van der Waals surface area contributed by atoms with Crippen LogP contribution in [-0.4, -0.2) is 53.6 Å². The molecule has 0 N–H and O–H groups in total. The first kappa shape index (κ1) is 16.1. The van der Waals surface area contributed by atoms with E-state index < -0.39 is 0 Å². The van der Waals surface area contributed by atoms with E-state index in [1.54, 1.807) is 0 Å². The monoisotopic (exact) mass is 331 g/mol. The van der Waals surface area contributed by atoms with Crippen LogP contribution in [0.5, 0.6) is 0 Å². The molecule has 1 atom stereocenters. The third kappa shape index (κ3) is 2.99. The Morgan fingerprint density at radius 1 is 1.42 bits per heavy atom. The third-order valence-electron chi connectivity index (χ3n) is 6.40. The number of rotatable bonds is 5. The number of likely N-dealkylation sites (tertiary alicyclic amines) is 1. The molecule has 132 valence electrons. The van der Waals surface area contributed by atoms with E-state index in [-0.39, 0.29) is 11.8 Å². The van der Waals surface area contributed by atoms with Crippen LogP contribution in [-0.2, 0) is 0 Å². The molecule has 0 unspecified atom stereocenters. The zero-order valence-electron chi connectivity index (χ0n) is 15.1. The molecule has 0 radical (unpaired) electrons. The van der Waals surface area contributed by atoms with Gasteiger partial charge in [-0.05, 0) is 50.5 Å². The normalized spacial score (nSPS) is 25.7. The summed E-state index contributed by atoms with van der Waals surface area (Å²) < 4.78 is 5.28. The van der Waals surface area contributed by atoms with Crippen molar-refractivity contribution in [3.05, 3.63) is 17.5 Å². The average molecular weight is 331 g/mol. The highest BCUT2D eigenvalue weighted by Crippen LogP contribution is 2.59. The van der Waals surface area contributed by atoms with Gasteiger partial charge in [-0.2, -0.15) is 0 Å². The van der Waals surface area contributed by atoms with E-state index in [9.17, 15) is 4.79 Å². The Morgan fingerprint density at radius 2 is 2.12 bits per heavy atom. The summed E-state index contributed by atoms with van der Waals surface area (Å²) in [5.41, 5.74) is 0.989. The van der Waals surface area contributed by atoms with Crippen molar-refractivity contribution in [2.45, 2.75) is 57.9 Å². The summed E-state index contributed by atoms with van der Waals surface area (Å²) in [5, 5.41) is 3.97. The molecule has 1 saturated heterocycles. The lowest BCUT2D eigenvalue weighted by molar-refractivity contribution is 0.0654. The van der Waals surface area contributed by atoms with Crippen LogP contribution < -0.4 is 0 Å². The molecule has 1 aliphatic heterocycles. The summed E-state index contributed by atoms with van der Waals surface area (Å²) in [4.78, 5) is 17.1. The van der Waals surface area contributed by atoms with Gasteiger partial charge >= 0.3 is 0 Å². The molecule has 24 heavy (non-hydrogen) atoms. The molecule has 0 aromatic carbocycles. The van der Waals surface area contributed by atoms with Crippen molar-refractivity contribution in [2.75, 3.05) is 26.7 Å². The number of nitrogens with zero attached hydrogens (tertiary/aromatic N) is 3.